The SMILES string of the molecule is Cc1ccc([N+](=O)[O-])c(OCCC(=O)NCCCOC(C)C)c1. The van der Waals surface area contributed by atoms with Crippen molar-refractivity contribution in [1.29, 1.82) is 0 Å². The first kappa shape index (κ1) is 18.9. The molecule has 0 spiro atoms. The Morgan fingerprint density at radius 1 is 1.35 bits per heavy atom. The van der Waals surface area contributed by atoms with Crippen LogP contribution in [-0.4, -0.2) is 36.7 Å². The van der Waals surface area contributed by atoms with Gasteiger partial charge in [0.2, 0.25) is 5.91 Å². The molecule has 0 radical (unpaired) electrons. The van der Waals surface area contributed by atoms with E-state index in [1.54, 1.807) is 12.1 Å². The van der Waals surface area contributed by atoms with Crippen LogP contribution in [0.25, 0.3) is 0 Å². The van der Waals surface area contributed by atoms with Gasteiger partial charge in [0.25, 0.3) is 0 Å². The van der Waals surface area contributed by atoms with E-state index in [0.717, 1.165) is 12.0 Å². The van der Waals surface area contributed by atoms with Crippen LogP contribution in [0.3, 0.4) is 0 Å². The third-order valence-corrected chi connectivity index (χ3v) is 2.99. The number of amides is 1. The van der Waals surface area contributed by atoms with E-state index in [0.29, 0.717) is 13.2 Å². The minimum atomic E-state index is -0.496. The summed E-state index contributed by atoms with van der Waals surface area (Å²) in [5.41, 5.74) is 0.766. The van der Waals surface area contributed by atoms with Gasteiger partial charge >= 0.3 is 5.69 Å². The van der Waals surface area contributed by atoms with Gasteiger partial charge in [-0.15, -0.1) is 0 Å². The fraction of sp³-hybridized carbons (Fsp3) is 0.562. The van der Waals surface area contributed by atoms with Crippen molar-refractivity contribution in [3.63, 3.8) is 0 Å². The van der Waals surface area contributed by atoms with Gasteiger partial charge in [0.1, 0.15) is 0 Å². The molecule has 0 heterocycles. The summed E-state index contributed by atoms with van der Waals surface area (Å²) < 4.78 is 10.8. The van der Waals surface area contributed by atoms with E-state index in [1.165, 1.54) is 6.07 Å². The van der Waals surface area contributed by atoms with Gasteiger partial charge in [0.05, 0.1) is 24.1 Å². The lowest BCUT2D eigenvalue weighted by Gasteiger charge is -2.09. The Bertz CT molecular complexity index is 531. The van der Waals surface area contributed by atoms with Crippen molar-refractivity contribution in [3.8, 4) is 5.75 Å². The molecule has 0 atom stereocenters. The molecule has 0 aliphatic rings. The third kappa shape index (κ3) is 7.60. The molecular weight excluding hydrogens is 300 g/mol. The summed E-state index contributed by atoms with van der Waals surface area (Å²) in [7, 11) is 0. The normalized spacial score (nSPS) is 10.6. The number of nitro benzene ring substituents is 1. The van der Waals surface area contributed by atoms with Crippen molar-refractivity contribution in [2.45, 2.75) is 39.7 Å². The summed E-state index contributed by atoms with van der Waals surface area (Å²) in [5.74, 6) is 0.0398. The molecule has 1 rings (SSSR count). The Morgan fingerprint density at radius 3 is 2.74 bits per heavy atom. The van der Waals surface area contributed by atoms with Gasteiger partial charge in [-0.1, -0.05) is 6.07 Å². The molecule has 0 aliphatic heterocycles. The second-order valence-corrected chi connectivity index (χ2v) is 5.45. The molecule has 0 saturated carbocycles. The van der Waals surface area contributed by atoms with Crippen molar-refractivity contribution in [2.24, 2.45) is 0 Å². The number of nitro groups is 1. The molecule has 1 N–H and O–H groups in total. The van der Waals surface area contributed by atoms with E-state index >= 15 is 0 Å². The van der Waals surface area contributed by atoms with Gasteiger partial charge in [-0.2, -0.15) is 0 Å². The van der Waals surface area contributed by atoms with Crippen molar-refractivity contribution in [3.05, 3.63) is 33.9 Å². The summed E-state index contributed by atoms with van der Waals surface area (Å²) in [5, 5.41) is 13.7. The molecular formula is C16H24N2O5. The monoisotopic (exact) mass is 324 g/mol. The fourth-order valence-corrected chi connectivity index (χ4v) is 1.85. The maximum Gasteiger partial charge on any atom is 0.310 e. The highest BCUT2D eigenvalue weighted by molar-refractivity contribution is 5.75. The van der Waals surface area contributed by atoms with Crippen molar-refractivity contribution >= 4 is 11.6 Å². The predicted molar refractivity (Wildman–Crippen MR) is 86.7 cm³/mol. The van der Waals surface area contributed by atoms with Crippen molar-refractivity contribution in [1.82, 2.24) is 5.32 Å². The van der Waals surface area contributed by atoms with Gasteiger partial charge < -0.3 is 14.8 Å². The first-order valence-corrected chi connectivity index (χ1v) is 7.66. The second kappa shape index (κ2) is 9.78. The lowest BCUT2D eigenvalue weighted by Crippen LogP contribution is -2.26. The maximum absolute atomic E-state index is 11.7. The average molecular weight is 324 g/mol. The number of hydrogen-bond acceptors (Lipinski definition) is 5. The predicted octanol–water partition coefficient (Wildman–Crippen LogP) is 2.60. The number of aryl methyl sites for hydroxylation is 1. The molecule has 1 aromatic rings. The number of hydrogen-bond donors (Lipinski definition) is 1. The Hall–Kier alpha value is -2.15. The number of rotatable bonds is 10. The minimum absolute atomic E-state index is 0.0955. The van der Waals surface area contributed by atoms with Crippen LogP contribution < -0.4 is 10.1 Å². The Labute approximate surface area is 136 Å². The van der Waals surface area contributed by atoms with E-state index in [2.05, 4.69) is 5.32 Å². The number of ether oxygens (including phenoxy) is 2. The molecule has 1 aromatic carbocycles. The summed E-state index contributed by atoms with van der Waals surface area (Å²) in [6.45, 7) is 6.97. The average Bonchev–Trinajstić information content (AvgIpc) is 2.46. The molecule has 0 fully saturated rings. The van der Waals surface area contributed by atoms with Gasteiger partial charge in [-0.25, -0.2) is 0 Å². The first-order chi connectivity index (χ1) is 10.9. The summed E-state index contributed by atoms with van der Waals surface area (Å²) >= 11 is 0. The maximum atomic E-state index is 11.7. The van der Waals surface area contributed by atoms with Crippen LogP contribution in [0.15, 0.2) is 18.2 Å². The smallest absolute Gasteiger partial charge is 0.310 e. The van der Waals surface area contributed by atoms with Crippen LogP contribution in [0.4, 0.5) is 5.69 Å². The molecule has 0 bridgehead atoms. The molecule has 0 aliphatic carbocycles. The number of nitrogens with zero attached hydrogens (tertiary/aromatic N) is 1. The summed E-state index contributed by atoms with van der Waals surface area (Å²) in [6, 6.07) is 4.65. The van der Waals surface area contributed by atoms with E-state index < -0.39 is 4.92 Å². The molecule has 7 heteroatoms. The zero-order valence-corrected chi connectivity index (χ0v) is 13.8. The Morgan fingerprint density at radius 2 is 2.09 bits per heavy atom. The molecule has 1 amide bonds. The molecule has 7 nitrogen and oxygen atoms in total. The molecule has 0 aromatic heterocycles. The molecule has 0 saturated heterocycles. The molecule has 128 valence electrons. The second-order valence-electron chi connectivity index (χ2n) is 5.45. The van der Waals surface area contributed by atoms with E-state index in [-0.39, 0.29) is 36.5 Å². The fourth-order valence-electron chi connectivity index (χ4n) is 1.85. The standard InChI is InChI=1S/C16H24N2O5/c1-12(2)22-9-4-8-17-16(19)7-10-23-15-11-13(3)5-6-14(15)18(20)21/h5-6,11-12H,4,7-10H2,1-3H3,(H,17,19). The van der Waals surface area contributed by atoms with Gasteiger partial charge in [0, 0.05) is 19.2 Å². The van der Waals surface area contributed by atoms with Gasteiger partial charge in [0.15, 0.2) is 5.75 Å². The topological polar surface area (TPSA) is 90.7 Å². The van der Waals surface area contributed by atoms with Crippen molar-refractivity contribution in [2.75, 3.05) is 19.8 Å². The van der Waals surface area contributed by atoms with Gasteiger partial charge in [-0.05, 0) is 38.8 Å². The van der Waals surface area contributed by atoms with Crippen LogP contribution in [0.1, 0.15) is 32.3 Å². The summed E-state index contributed by atoms with van der Waals surface area (Å²) in [4.78, 5) is 22.1. The minimum Gasteiger partial charge on any atom is -0.486 e. The number of carbonyl (C=O) groups excluding carboxylic acids is 1. The highest BCUT2D eigenvalue weighted by atomic mass is 16.6. The number of benzene rings is 1. The van der Waals surface area contributed by atoms with Crippen LogP contribution in [0, 0.1) is 17.0 Å². The van der Waals surface area contributed by atoms with Crippen LogP contribution in [0.5, 0.6) is 5.75 Å². The Balaban J connectivity index is 2.30. The quantitative estimate of drug-likeness (QED) is 0.406. The van der Waals surface area contributed by atoms with Gasteiger partial charge in [-0.3, -0.25) is 14.9 Å². The highest BCUT2D eigenvalue weighted by Gasteiger charge is 2.15. The van der Waals surface area contributed by atoms with Crippen LogP contribution in [0.2, 0.25) is 0 Å². The molecule has 23 heavy (non-hydrogen) atoms. The van der Waals surface area contributed by atoms with Crippen LogP contribution in [-0.2, 0) is 9.53 Å². The largest absolute Gasteiger partial charge is 0.486 e. The zero-order chi connectivity index (χ0) is 17.2. The number of carbonyl (C=O) groups is 1. The third-order valence-electron chi connectivity index (χ3n) is 2.99. The first-order valence-electron chi connectivity index (χ1n) is 7.66. The zero-order valence-electron chi connectivity index (χ0n) is 13.8. The molecule has 0 unspecified atom stereocenters. The highest BCUT2D eigenvalue weighted by Crippen LogP contribution is 2.27. The van der Waals surface area contributed by atoms with E-state index in [4.69, 9.17) is 9.47 Å². The van der Waals surface area contributed by atoms with Crippen molar-refractivity contribution < 1.29 is 19.2 Å². The van der Waals surface area contributed by atoms with E-state index in [1.807, 2.05) is 20.8 Å². The summed E-state index contributed by atoms with van der Waals surface area (Å²) in [6.07, 6.45) is 1.08. The lowest BCUT2D eigenvalue weighted by atomic mass is 10.2. The lowest BCUT2D eigenvalue weighted by molar-refractivity contribution is -0.385. The van der Waals surface area contributed by atoms with E-state index in [9.17, 15) is 14.9 Å². The number of nitrogens with one attached hydrogen (secondary N) is 1. The Kier molecular flexibility index (Phi) is 8.04. The van der Waals surface area contributed by atoms with Crippen LogP contribution >= 0.6 is 0 Å².